The van der Waals surface area contributed by atoms with Crippen molar-refractivity contribution in [3.05, 3.63) is 230 Å². The Hall–Kier alpha value is -8.18. The predicted octanol–water partition coefficient (Wildman–Crippen LogP) is 18.2. The molecule has 0 amide bonds. The number of rotatable bonds is 6. The molecule has 0 unspecified atom stereocenters. The highest BCUT2D eigenvalue weighted by Crippen LogP contribution is 2.51. The van der Waals surface area contributed by atoms with Crippen LogP contribution in [0, 0.1) is 0 Å². The molecule has 1 aliphatic carbocycles. The zero-order chi connectivity index (χ0) is 44.4. The summed E-state index contributed by atoms with van der Waals surface area (Å²) in [6.45, 7) is 4.71. The fourth-order valence-corrected chi connectivity index (χ4v) is 12.3. The molecule has 14 rings (SSSR count). The quantitative estimate of drug-likeness (QED) is 0.166. The zero-order valence-electron chi connectivity index (χ0n) is 37.0. The molecule has 0 saturated carbocycles. The number of nitrogens with zero attached hydrogens (tertiary/aromatic N) is 2. The van der Waals surface area contributed by atoms with Crippen molar-refractivity contribution in [2.45, 2.75) is 19.3 Å². The van der Waals surface area contributed by atoms with Crippen molar-refractivity contribution in [2.75, 3.05) is 4.90 Å². The van der Waals surface area contributed by atoms with Gasteiger partial charge in [0, 0.05) is 75.3 Å². The largest absolute Gasteiger partial charge is 0.455 e. The summed E-state index contributed by atoms with van der Waals surface area (Å²) in [5, 5.41) is 7.16. The van der Waals surface area contributed by atoms with E-state index in [1.54, 1.807) is 0 Å². The molecular formula is C63H42N2OS. The third kappa shape index (κ3) is 5.70. The van der Waals surface area contributed by atoms with Gasteiger partial charge in [0.15, 0.2) is 0 Å². The van der Waals surface area contributed by atoms with Gasteiger partial charge in [-0.1, -0.05) is 153 Å². The summed E-state index contributed by atoms with van der Waals surface area (Å²) in [4.78, 5) is 2.44. The van der Waals surface area contributed by atoms with Crippen LogP contribution in [0.25, 0.3) is 103 Å². The first-order valence-corrected chi connectivity index (χ1v) is 23.9. The molecule has 3 aromatic heterocycles. The van der Waals surface area contributed by atoms with Gasteiger partial charge in [0.2, 0.25) is 0 Å². The van der Waals surface area contributed by atoms with E-state index in [-0.39, 0.29) is 5.41 Å². The highest BCUT2D eigenvalue weighted by molar-refractivity contribution is 7.25. The van der Waals surface area contributed by atoms with Gasteiger partial charge >= 0.3 is 0 Å². The minimum atomic E-state index is -0.0725. The number of fused-ring (bicyclic) bond motifs is 12. The van der Waals surface area contributed by atoms with Gasteiger partial charge in [-0.2, -0.15) is 0 Å². The maximum atomic E-state index is 6.93. The highest BCUT2D eigenvalue weighted by atomic mass is 32.1. The fraction of sp³-hybridized carbons (Fsp3) is 0.0476. The van der Waals surface area contributed by atoms with Gasteiger partial charge in [-0.3, -0.25) is 0 Å². The minimum absolute atomic E-state index is 0.0725. The van der Waals surface area contributed by atoms with Crippen LogP contribution in [-0.4, -0.2) is 4.57 Å². The first-order chi connectivity index (χ1) is 33.0. The second-order valence-electron chi connectivity index (χ2n) is 18.4. The van der Waals surface area contributed by atoms with Crippen molar-refractivity contribution in [3.63, 3.8) is 0 Å². The Labute approximate surface area is 392 Å². The number of hydrogen-bond donors (Lipinski definition) is 0. The van der Waals surface area contributed by atoms with Crippen molar-refractivity contribution < 1.29 is 4.42 Å². The summed E-state index contributed by atoms with van der Waals surface area (Å²) >= 11 is 1.85. The van der Waals surface area contributed by atoms with E-state index < -0.39 is 0 Å². The number of anilines is 3. The molecule has 10 aromatic carbocycles. The SMILES string of the molecule is CC1(C)c2ccccc2-c2ccc(-c3ccc(N(c4ccc5sc6ccccc6c5c4)c4cc(-c5ccccc5-n5c6ccccc6c6ccccc65)c5oc6ccccc6c5c4)cc3)cc21. The first-order valence-electron chi connectivity index (χ1n) is 23.1. The average Bonchev–Trinajstić information content (AvgIpc) is 4.11. The normalized spacial score (nSPS) is 13.0. The van der Waals surface area contributed by atoms with Gasteiger partial charge in [0.1, 0.15) is 11.2 Å². The van der Waals surface area contributed by atoms with Gasteiger partial charge < -0.3 is 13.9 Å². The van der Waals surface area contributed by atoms with E-state index in [1.165, 1.54) is 75.4 Å². The molecule has 4 heteroatoms. The van der Waals surface area contributed by atoms with Crippen LogP contribution in [0.4, 0.5) is 17.1 Å². The Kier molecular flexibility index (Phi) is 8.20. The van der Waals surface area contributed by atoms with Crippen molar-refractivity contribution in [1.82, 2.24) is 4.57 Å². The van der Waals surface area contributed by atoms with Crippen LogP contribution in [0.15, 0.2) is 223 Å². The third-order valence-corrected chi connectivity index (χ3v) is 15.5. The topological polar surface area (TPSA) is 21.3 Å². The molecule has 0 bridgehead atoms. The minimum Gasteiger partial charge on any atom is -0.455 e. The van der Waals surface area contributed by atoms with Crippen LogP contribution in [0.3, 0.4) is 0 Å². The molecule has 13 aromatic rings. The van der Waals surface area contributed by atoms with Gasteiger partial charge in [-0.15, -0.1) is 11.3 Å². The summed E-state index contributed by atoms with van der Waals surface area (Å²) in [6.07, 6.45) is 0. The van der Waals surface area contributed by atoms with Crippen molar-refractivity contribution in [3.8, 4) is 39.1 Å². The maximum absolute atomic E-state index is 6.93. The van der Waals surface area contributed by atoms with Crippen LogP contribution in [0.1, 0.15) is 25.0 Å². The molecule has 0 atom stereocenters. The second kappa shape index (κ2) is 14.4. The molecule has 0 aliphatic heterocycles. The number of furan rings is 1. The summed E-state index contributed by atoms with van der Waals surface area (Å²) < 4.78 is 11.9. The molecule has 3 heterocycles. The molecule has 0 spiro atoms. The molecule has 0 radical (unpaired) electrons. The number of benzene rings is 10. The van der Waals surface area contributed by atoms with Crippen LogP contribution >= 0.6 is 11.3 Å². The monoisotopic (exact) mass is 874 g/mol. The Morgan fingerprint density at radius 3 is 1.81 bits per heavy atom. The van der Waals surface area contributed by atoms with Crippen LogP contribution in [-0.2, 0) is 5.41 Å². The van der Waals surface area contributed by atoms with Crippen molar-refractivity contribution in [1.29, 1.82) is 0 Å². The maximum Gasteiger partial charge on any atom is 0.143 e. The van der Waals surface area contributed by atoms with E-state index in [1.807, 2.05) is 11.3 Å². The summed E-state index contributed by atoms with van der Waals surface area (Å²) in [6, 6.07) is 80.2. The summed E-state index contributed by atoms with van der Waals surface area (Å²) in [5.41, 5.74) is 18.3. The number of thiophene rings is 1. The van der Waals surface area contributed by atoms with E-state index in [2.05, 4.69) is 242 Å². The van der Waals surface area contributed by atoms with Crippen LogP contribution in [0.2, 0.25) is 0 Å². The highest BCUT2D eigenvalue weighted by Gasteiger charge is 2.35. The first kappa shape index (κ1) is 38.1. The number of para-hydroxylation sites is 4. The Morgan fingerprint density at radius 1 is 0.403 bits per heavy atom. The number of aromatic nitrogens is 1. The molecule has 1 aliphatic rings. The summed E-state index contributed by atoms with van der Waals surface area (Å²) in [5.74, 6) is 0. The Balaban J connectivity index is 0.993. The summed E-state index contributed by atoms with van der Waals surface area (Å²) in [7, 11) is 0. The smallest absolute Gasteiger partial charge is 0.143 e. The predicted molar refractivity (Wildman–Crippen MR) is 284 cm³/mol. The van der Waals surface area contributed by atoms with E-state index in [9.17, 15) is 0 Å². The Morgan fingerprint density at radius 2 is 1.00 bits per heavy atom. The lowest BCUT2D eigenvalue weighted by Gasteiger charge is -2.27. The van der Waals surface area contributed by atoms with Crippen molar-refractivity contribution in [2.24, 2.45) is 0 Å². The van der Waals surface area contributed by atoms with Gasteiger partial charge in [-0.25, -0.2) is 0 Å². The molecule has 3 nitrogen and oxygen atoms in total. The molecular weight excluding hydrogens is 833 g/mol. The molecule has 316 valence electrons. The lowest BCUT2D eigenvalue weighted by molar-refractivity contribution is 0.660. The lowest BCUT2D eigenvalue weighted by Crippen LogP contribution is -2.14. The van der Waals surface area contributed by atoms with E-state index in [4.69, 9.17) is 4.42 Å². The van der Waals surface area contributed by atoms with E-state index in [0.29, 0.717) is 0 Å². The van der Waals surface area contributed by atoms with Gasteiger partial charge in [0.05, 0.1) is 16.7 Å². The molecule has 0 fully saturated rings. The van der Waals surface area contributed by atoms with Crippen LogP contribution < -0.4 is 4.90 Å². The van der Waals surface area contributed by atoms with Crippen molar-refractivity contribution >= 4 is 92.3 Å². The zero-order valence-corrected chi connectivity index (χ0v) is 37.8. The second-order valence-corrected chi connectivity index (χ2v) is 19.5. The van der Waals surface area contributed by atoms with E-state index in [0.717, 1.165) is 55.8 Å². The Bertz CT molecular complexity index is 4090. The number of hydrogen-bond acceptors (Lipinski definition) is 3. The van der Waals surface area contributed by atoms with Gasteiger partial charge in [0.25, 0.3) is 0 Å². The molecule has 0 saturated heterocycles. The van der Waals surface area contributed by atoms with Gasteiger partial charge in [-0.05, 0) is 112 Å². The third-order valence-electron chi connectivity index (χ3n) is 14.4. The fourth-order valence-electron chi connectivity index (χ4n) is 11.2. The molecule has 0 N–H and O–H groups in total. The lowest BCUT2D eigenvalue weighted by atomic mass is 9.81. The van der Waals surface area contributed by atoms with Crippen LogP contribution in [0.5, 0.6) is 0 Å². The molecule has 67 heavy (non-hydrogen) atoms. The van der Waals surface area contributed by atoms with E-state index >= 15 is 0 Å². The average molecular weight is 875 g/mol. The standard InChI is InChI=1S/C63H42N2OS/c1-63(2)54-21-9-3-15-44(54)45-33-29-40(35-55(45)63)39-27-30-41(31-28-39)64(42-32-34-61-51(36-42)50-20-8-14-26-60(50)67-61)43-37-52(62-53(38-43)49-19-7-13-25-59(49)66-62)48-18-6-12-24-58(48)65-56-22-10-4-16-46(56)47-17-5-11-23-57(47)65/h3-38H,1-2H3.